The third-order valence-electron chi connectivity index (χ3n) is 5.30. The van der Waals surface area contributed by atoms with Crippen molar-refractivity contribution < 1.29 is 33.4 Å². The number of rotatable bonds is 3. The summed E-state index contributed by atoms with van der Waals surface area (Å²) in [5.74, 6) is -1.40. The summed E-state index contributed by atoms with van der Waals surface area (Å²) in [6.07, 6.45) is 3.05. The van der Waals surface area contributed by atoms with Gasteiger partial charge in [0.1, 0.15) is 36.1 Å². The van der Waals surface area contributed by atoms with Crippen molar-refractivity contribution >= 4 is 23.9 Å². The lowest BCUT2D eigenvalue weighted by atomic mass is 10.0. The number of benzene rings is 1. The van der Waals surface area contributed by atoms with E-state index in [-0.39, 0.29) is 25.4 Å². The smallest absolute Gasteiger partial charge is 0.408 e. The van der Waals surface area contributed by atoms with Gasteiger partial charge in [-0.1, -0.05) is 38.1 Å². The summed E-state index contributed by atoms with van der Waals surface area (Å²) in [6, 6.07) is 4.21. The monoisotopic (exact) mass is 503 g/mol. The molecule has 0 aromatic heterocycles. The van der Waals surface area contributed by atoms with E-state index in [1.54, 1.807) is 71.0 Å². The normalized spacial score (nSPS) is 22.5. The first-order valence-electron chi connectivity index (χ1n) is 11.9. The van der Waals surface area contributed by atoms with Crippen molar-refractivity contribution in [3.8, 4) is 5.75 Å². The molecule has 198 valence electrons. The lowest BCUT2D eigenvalue weighted by molar-refractivity contribution is -0.145. The van der Waals surface area contributed by atoms with Crippen LogP contribution in [0.2, 0.25) is 0 Å². The SMILES string of the molecule is COC(=O)[C@@H]1C/C=C\COc2ccc(cc2)C[C@H](NC(=O)OC(C)(C)C)C(=O)N[C@@H](C(C)C)C(=O)N1. The van der Waals surface area contributed by atoms with E-state index in [2.05, 4.69) is 16.0 Å². The minimum absolute atomic E-state index is 0.155. The number of methoxy groups -OCH3 is 1. The van der Waals surface area contributed by atoms with Crippen LogP contribution < -0.4 is 20.7 Å². The maximum Gasteiger partial charge on any atom is 0.408 e. The summed E-state index contributed by atoms with van der Waals surface area (Å²) < 4.78 is 15.8. The van der Waals surface area contributed by atoms with Crippen LogP contribution in [0, 0.1) is 5.92 Å². The predicted molar refractivity (Wildman–Crippen MR) is 133 cm³/mol. The van der Waals surface area contributed by atoms with Crippen LogP contribution in [0.25, 0.3) is 0 Å². The van der Waals surface area contributed by atoms with E-state index < -0.39 is 47.6 Å². The summed E-state index contributed by atoms with van der Waals surface area (Å²) in [4.78, 5) is 51.2. The van der Waals surface area contributed by atoms with Crippen molar-refractivity contribution in [2.24, 2.45) is 5.92 Å². The van der Waals surface area contributed by atoms with Crippen LogP contribution >= 0.6 is 0 Å². The second-order valence-electron chi connectivity index (χ2n) is 9.88. The minimum atomic E-state index is -1.02. The summed E-state index contributed by atoms with van der Waals surface area (Å²) in [5.41, 5.74) is 0.0166. The van der Waals surface area contributed by atoms with Crippen LogP contribution in [0.15, 0.2) is 36.4 Å². The van der Waals surface area contributed by atoms with Crippen molar-refractivity contribution in [3.63, 3.8) is 0 Å². The van der Waals surface area contributed by atoms with E-state index >= 15 is 0 Å². The highest BCUT2D eigenvalue weighted by Crippen LogP contribution is 2.15. The van der Waals surface area contributed by atoms with Crippen molar-refractivity contribution in [2.45, 2.75) is 71.2 Å². The van der Waals surface area contributed by atoms with E-state index in [9.17, 15) is 19.2 Å². The second kappa shape index (κ2) is 12.9. The van der Waals surface area contributed by atoms with Gasteiger partial charge in [0.05, 0.1) is 7.11 Å². The van der Waals surface area contributed by atoms with Gasteiger partial charge in [0.15, 0.2) is 0 Å². The Balaban J connectivity index is 2.38. The van der Waals surface area contributed by atoms with Crippen LogP contribution in [-0.4, -0.2) is 61.3 Å². The Labute approximate surface area is 212 Å². The van der Waals surface area contributed by atoms with E-state index in [0.717, 1.165) is 5.56 Å². The summed E-state index contributed by atoms with van der Waals surface area (Å²) in [6.45, 7) is 8.97. The molecule has 0 fully saturated rings. The van der Waals surface area contributed by atoms with Crippen LogP contribution in [-0.2, 0) is 30.3 Å². The molecule has 2 heterocycles. The number of fused-ring (bicyclic) bond motifs is 13. The summed E-state index contributed by atoms with van der Waals surface area (Å²) in [7, 11) is 1.24. The van der Waals surface area contributed by atoms with Crippen LogP contribution in [0.3, 0.4) is 0 Å². The fraction of sp³-hybridized carbons (Fsp3) is 0.538. The molecule has 0 saturated carbocycles. The van der Waals surface area contributed by atoms with E-state index in [4.69, 9.17) is 14.2 Å². The van der Waals surface area contributed by atoms with Crippen molar-refractivity contribution in [3.05, 3.63) is 42.0 Å². The Kier molecular flexibility index (Phi) is 10.3. The highest BCUT2D eigenvalue weighted by atomic mass is 16.6. The Hall–Kier alpha value is -3.56. The molecule has 0 radical (unpaired) electrons. The zero-order valence-corrected chi connectivity index (χ0v) is 21.8. The van der Waals surface area contributed by atoms with Gasteiger partial charge in [-0.2, -0.15) is 0 Å². The average molecular weight is 504 g/mol. The maximum atomic E-state index is 13.3. The minimum Gasteiger partial charge on any atom is -0.490 e. The standard InChI is InChI=1S/C26H37N3O7/c1-16(2)21-23(31)27-19(24(32)34-6)9-7-8-14-35-18-12-10-17(11-13-18)15-20(22(30)29-21)28-25(33)36-26(3,4)5/h7-8,10-13,16,19-21H,9,14-15H2,1-6H3,(H,27,31)(H,28,33)(H,29,30)/b8-7-/t19-,20-,21-/m0/s1. The molecule has 10 heteroatoms. The van der Waals surface area contributed by atoms with Gasteiger partial charge in [-0.15, -0.1) is 0 Å². The lowest BCUT2D eigenvalue weighted by Gasteiger charge is -2.27. The van der Waals surface area contributed by atoms with E-state index in [1.807, 2.05) is 0 Å². The first-order valence-corrected chi connectivity index (χ1v) is 11.9. The third kappa shape index (κ3) is 9.24. The zero-order chi connectivity index (χ0) is 26.9. The molecule has 0 unspecified atom stereocenters. The Morgan fingerprint density at radius 1 is 1.06 bits per heavy atom. The molecule has 0 saturated heterocycles. The highest BCUT2D eigenvalue weighted by Gasteiger charge is 2.32. The summed E-state index contributed by atoms with van der Waals surface area (Å²) in [5, 5.41) is 8.01. The molecule has 2 aliphatic heterocycles. The predicted octanol–water partition coefficient (Wildman–Crippen LogP) is 2.26. The molecule has 3 rings (SSSR count). The molecular formula is C26H37N3O7. The molecule has 3 atom stereocenters. The fourth-order valence-corrected chi connectivity index (χ4v) is 3.47. The molecule has 3 amide bonds. The first kappa shape index (κ1) is 28.7. The molecule has 1 aromatic carbocycles. The number of nitrogens with one attached hydrogen (secondary N) is 3. The number of alkyl carbamates (subject to hydrolysis) is 1. The Bertz CT molecular complexity index is 951. The molecule has 2 bridgehead atoms. The molecule has 1 aromatic rings. The lowest BCUT2D eigenvalue weighted by Crippen LogP contribution is -2.58. The van der Waals surface area contributed by atoms with Gasteiger partial charge in [0.2, 0.25) is 11.8 Å². The van der Waals surface area contributed by atoms with Gasteiger partial charge in [-0.3, -0.25) is 9.59 Å². The molecule has 36 heavy (non-hydrogen) atoms. The number of esters is 1. The summed E-state index contributed by atoms with van der Waals surface area (Å²) >= 11 is 0. The number of hydrogen-bond acceptors (Lipinski definition) is 7. The molecule has 0 spiro atoms. The molecule has 2 aliphatic rings. The van der Waals surface area contributed by atoms with E-state index in [0.29, 0.717) is 5.75 Å². The number of ether oxygens (including phenoxy) is 3. The van der Waals surface area contributed by atoms with E-state index in [1.165, 1.54) is 7.11 Å². The zero-order valence-electron chi connectivity index (χ0n) is 21.8. The van der Waals surface area contributed by atoms with Crippen LogP contribution in [0.1, 0.15) is 46.6 Å². The van der Waals surface area contributed by atoms with Crippen LogP contribution in [0.5, 0.6) is 5.75 Å². The van der Waals surface area contributed by atoms with Gasteiger partial charge in [-0.25, -0.2) is 9.59 Å². The third-order valence-corrected chi connectivity index (χ3v) is 5.30. The van der Waals surface area contributed by atoms with Crippen molar-refractivity contribution in [1.82, 2.24) is 16.0 Å². The van der Waals surface area contributed by atoms with Gasteiger partial charge in [-0.05, 0) is 50.8 Å². The van der Waals surface area contributed by atoms with Crippen LogP contribution in [0.4, 0.5) is 4.79 Å². The largest absolute Gasteiger partial charge is 0.490 e. The Morgan fingerprint density at radius 2 is 1.72 bits per heavy atom. The number of amides is 3. The quantitative estimate of drug-likeness (QED) is 0.426. The van der Waals surface area contributed by atoms with Gasteiger partial charge in [0.25, 0.3) is 0 Å². The molecular weight excluding hydrogens is 466 g/mol. The van der Waals surface area contributed by atoms with Gasteiger partial charge in [0, 0.05) is 6.42 Å². The average Bonchev–Trinajstić information content (AvgIpc) is 2.79. The fourth-order valence-electron chi connectivity index (χ4n) is 3.47. The number of carbonyl (C=O) groups excluding carboxylic acids is 4. The van der Waals surface area contributed by atoms with Crippen molar-refractivity contribution in [2.75, 3.05) is 13.7 Å². The number of carbonyl (C=O) groups is 4. The Morgan fingerprint density at radius 3 is 2.31 bits per heavy atom. The van der Waals surface area contributed by atoms with Gasteiger partial charge < -0.3 is 30.2 Å². The van der Waals surface area contributed by atoms with Crippen molar-refractivity contribution in [1.29, 1.82) is 0 Å². The second-order valence-corrected chi connectivity index (χ2v) is 9.88. The topological polar surface area (TPSA) is 132 Å². The first-order chi connectivity index (χ1) is 16.9. The maximum absolute atomic E-state index is 13.3. The highest BCUT2D eigenvalue weighted by molar-refractivity contribution is 5.93. The molecule has 0 aliphatic carbocycles. The van der Waals surface area contributed by atoms with Gasteiger partial charge >= 0.3 is 12.1 Å². The molecule has 10 nitrogen and oxygen atoms in total. The molecule has 3 N–H and O–H groups in total. The number of hydrogen-bond donors (Lipinski definition) is 3.